The number of ether oxygens (including phenoxy) is 1. The Morgan fingerprint density at radius 1 is 1.07 bits per heavy atom. The molecule has 0 saturated carbocycles. The van der Waals surface area contributed by atoms with E-state index in [4.69, 9.17) is 10.5 Å². The number of carbonyl (C=O) groups is 1. The van der Waals surface area contributed by atoms with Crippen molar-refractivity contribution in [2.45, 2.75) is 38.0 Å². The maximum Gasteiger partial charge on any atom is 0.205 e. The minimum Gasteiger partial charge on any atom is -0.444 e. The Morgan fingerprint density at radius 2 is 1.79 bits per heavy atom. The Bertz CT molecular complexity index is 1010. The Labute approximate surface area is 164 Å². The lowest BCUT2D eigenvalue weighted by atomic mass is 9.73. The molecule has 2 unspecified atom stereocenters. The second kappa shape index (κ2) is 7.36. The first kappa shape index (κ1) is 18.1. The van der Waals surface area contributed by atoms with E-state index in [2.05, 4.69) is 13.0 Å². The van der Waals surface area contributed by atoms with Crippen LogP contribution in [0.25, 0.3) is 0 Å². The highest BCUT2D eigenvalue weighted by Gasteiger charge is 2.40. The van der Waals surface area contributed by atoms with E-state index >= 15 is 0 Å². The molecule has 4 heteroatoms. The van der Waals surface area contributed by atoms with Crippen molar-refractivity contribution >= 4 is 5.78 Å². The smallest absolute Gasteiger partial charge is 0.205 e. The normalized spacial score (nSPS) is 21.8. The summed E-state index contributed by atoms with van der Waals surface area (Å²) in [5, 5.41) is 9.70. The van der Waals surface area contributed by atoms with Crippen molar-refractivity contribution in [2.24, 2.45) is 5.73 Å². The average Bonchev–Trinajstić information content (AvgIpc) is 2.73. The van der Waals surface area contributed by atoms with Crippen molar-refractivity contribution in [3.63, 3.8) is 0 Å². The molecule has 1 aliphatic carbocycles. The summed E-state index contributed by atoms with van der Waals surface area (Å²) in [6.07, 6.45) is 1.95. The van der Waals surface area contributed by atoms with Crippen molar-refractivity contribution in [3.8, 4) is 6.07 Å². The lowest BCUT2D eigenvalue weighted by Gasteiger charge is -2.34. The van der Waals surface area contributed by atoms with Gasteiger partial charge in [-0.25, -0.2) is 0 Å². The van der Waals surface area contributed by atoms with E-state index in [-0.39, 0.29) is 17.6 Å². The van der Waals surface area contributed by atoms with Crippen molar-refractivity contribution in [1.82, 2.24) is 0 Å². The van der Waals surface area contributed by atoms with Crippen molar-refractivity contribution in [1.29, 1.82) is 5.26 Å². The molecule has 4 rings (SSSR count). The summed E-state index contributed by atoms with van der Waals surface area (Å²) < 4.78 is 5.81. The Balaban J connectivity index is 1.77. The maximum atomic E-state index is 13.2. The fraction of sp³-hybridized carbons (Fsp3) is 0.250. The van der Waals surface area contributed by atoms with Crippen LogP contribution in [0.2, 0.25) is 0 Å². The molecule has 2 aliphatic rings. The van der Waals surface area contributed by atoms with Crippen molar-refractivity contribution in [3.05, 3.63) is 94.1 Å². The third-order valence-corrected chi connectivity index (χ3v) is 5.65. The van der Waals surface area contributed by atoms with E-state index in [0.717, 1.165) is 17.5 Å². The minimum atomic E-state index is -0.455. The van der Waals surface area contributed by atoms with Crippen LogP contribution in [0.15, 0.2) is 77.4 Å². The molecule has 0 spiro atoms. The average molecular weight is 370 g/mol. The molecule has 2 aromatic rings. The van der Waals surface area contributed by atoms with Crippen LogP contribution in [-0.2, 0) is 16.0 Å². The molecule has 0 bridgehead atoms. The van der Waals surface area contributed by atoms with Gasteiger partial charge in [-0.2, -0.15) is 5.26 Å². The zero-order valence-electron chi connectivity index (χ0n) is 15.8. The lowest BCUT2D eigenvalue weighted by molar-refractivity contribution is -0.117. The van der Waals surface area contributed by atoms with Gasteiger partial charge in [-0.15, -0.1) is 0 Å². The summed E-state index contributed by atoms with van der Waals surface area (Å²) in [4.78, 5) is 13.2. The first-order chi connectivity index (χ1) is 13.6. The number of hydrogen-bond donors (Lipinski definition) is 1. The number of aryl methyl sites for hydroxylation is 1. The van der Waals surface area contributed by atoms with Crippen molar-refractivity contribution < 1.29 is 9.53 Å². The fourth-order valence-electron chi connectivity index (χ4n) is 4.15. The number of hydrogen-bond acceptors (Lipinski definition) is 4. The van der Waals surface area contributed by atoms with Gasteiger partial charge in [0, 0.05) is 18.4 Å². The monoisotopic (exact) mass is 370 g/mol. The van der Waals surface area contributed by atoms with Crippen LogP contribution in [-0.4, -0.2) is 5.78 Å². The van der Waals surface area contributed by atoms with Crippen LogP contribution in [0.1, 0.15) is 48.3 Å². The summed E-state index contributed by atoms with van der Waals surface area (Å²) in [6.45, 7) is 2.09. The van der Waals surface area contributed by atoms with Gasteiger partial charge in [0.1, 0.15) is 17.4 Å². The number of benzene rings is 2. The zero-order chi connectivity index (χ0) is 19.7. The van der Waals surface area contributed by atoms with E-state index in [1.54, 1.807) is 0 Å². The predicted molar refractivity (Wildman–Crippen MR) is 107 cm³/mol. The summed E-state index contributed by atoms with van der Waals surface area (Å²) in [5.41, 5.74) is 10.2. The van der Waals surface area contributed by atoms with E-state index in [1.807, 2.05) is 54.6 Å². The number of carbonyl (C=O) groups excluding carboxylic acids is 1. The zero-order valence-corrected chi connectivity index (χ0v) is 15.8. The van der Waals surface area contributed by atoms with Gasteiger partial charge in [-0.05, 0) is 29.0 Å². The molecule has 0 amide bonds. The standard InChI is InChI=1S/C24H22N2O2/c1-2-15-8-10-17(11-9-15)22-19(14-25)24(26)28-21-13-18(12-20(27)23(21)22)16-6-4-3-5-7-16/h3-11,18,22H,2,12-13,26H2,1H3. The topological polar surface area (TPSA) is 76.1 Å². The summed E-state index contributed by atoms with van der Waals surface area (Å²) in [6, 6.07) is 20.2. The molecule has 0 radical (unpaired) electrons. The number of nitrogens with zero attached hydrogens (tertiary/aromatic N) is 1. The van der Waals surface area contributed by atoms with Gasteiger partial charge in [-0.3, -0.25) is 4.79 Å². The molecule has 1 heterocycles. The van der Waals surface area contributed by atoms with Gasteiger partial charge in [0.15, 0.2) is 5.78 Å². The number of allylic oxidation sites excluding steroid dienone is 3. The quantitative estimate of drug-likeness (QED) is 0.865. The molecule has 2 N–H and O–H groups in total. The first-order valence-corrected chi connectivity index (χ1v) is 9.60. The summed E-state index contributed by atoms with van der Waals surface area (Å²) in [7, 11) is 0. The molecule has 2 aromatic carbocycles. The van der Waals surface area contributed by atoms with Gasteiger partial charge in [0.25, 0.3) is 0 Å². The molecule has 0 saturated heterocycles. The molecule has 2 atom stereocenters. The number of rotatable bonds is 3. The molecular weight excluding hydrogens is 348 g/mol. The highest BCUT2D eigenvalue weighted by Crippen LogP contribution is 2.46. The molecule has 4 nitrogen and oxygen atoms in total. The van der Waals surface area contributed by atoms with E-state index in [0.29, 0.717) is 29.7 Å². The number of ketones is 1. The minimum absolute atomic E-state index is 0.0277. The largest absolute Gasteiger partial charge is 0.444 e. The SMILES string of the molecule is CCc1ccc(C2C(C#N)=C(N)OC3=C2C(=O)CC(c2ccccc2)C3)cc1. The van der Waals surface area contributed by atoms with Crippen LogP contribution in [0.5, 0.6) is 0 Å². The Kier molecular flexibility index (Phi) is 4.75. The summed E-state index contributed by atoms with van der Waals surface area (Å²) in [5.74, 6) is 0.342. The van der Waals surface area contributed by atoms with Gasteiger partial charge in [-0.1, -0.05) is 61.5 Å². The summed E-state index contributed by atoms with van der Waals surface area (Å²) >= 11 is 0. The maximum absolute atomic E-state index is 13.2. The second-order valence-electron chi connectivity index (χ2n) is 7.30. The highest BCUT2D eigenvalue weighted by atomic mass is 16.5. The molecular formula is C24H22N2O2. The van der Waals surface area contributed by atoms with Gasteiger partial charge < -0.3 is 10.5 Å². The second-order valence-corrected chi connectivity index (χ2v) is 7.30. The van der Waals surface area contributed by atoms with Gasteiger partial charge in [0.05, 0.1) is 5.92 Å². The van der Waals surface area contributed by atoms with E-state index in [9.17, 15) is 10.1 Å². The molecule has 1 aliphatic heterocycles. The number of nitriles is 1. The molecule has 140 valence electrons. The van der Waals surface area contributed by atoms with Crippen LogP contribution in [0.4, 0.5) is 0 Å². The molecule has 0 fully saturated rings. The van der Waals surface area contributed by atoms with Crippen LogP contribution in [0.3, 0.4) is 0 Å². The number of nitrogens with two attached hydrogens (primary N) is 1. The molecule has 28 heavy (non-hydrogen) atoms. The number of Topliss-reactive ketones (excluding diaryl/α,β-unsaturated/α-hetero) is 1. The predicted octanol–water partition coefficient (Wildman–Crippen LogP) is 4.46. The third-order valence-electron chi connectivity index (χ3n) is 5.65. The molecule has 0 aromatic heterocycles. The first-order valence-electron chi connectivity index (χ1n) is 9.60. The van der Waals surface area contributed by atoms with Crippen LogP contribution >= 0.6 is 0 Å². The Morgan fingerprint density at radius 3 is 2.43 bits per heavy atom. The van der Waals surface area contributed by atoms with Crippen LogP contribution < -0.4 is 5.73 Å². The van der Waals surface area contributed by atoms with Crippen LogP contribution in [0, 0.1) is 11.3 Å². The third kappa shape index (κ3) is 3.10. The fourth-order valence-corrected chi connectivity index (χ4v) is 4.15. The highest BCUT2D eigenvalue weighted by molar-refractivity contribution is 6.00. The Hall–Kier alpha value is -3.32. The van der Waals surface area contributed by atoms with Gasteiger partial charge in [0.2, 0.25) is 5.88 Å². The lowest BCUT2D eigenvalue weighted by Crippen LogP contribution is -2.29. The van der Waals surface area contributed by atoms with E-state index < -0.39 is 5.92 Å². The van der Waals surface area contributed by atoms with Crippen molar-refractivity contribution in [2.75, 3.05) is 0 Å². The van der Waals surface area contributed by atoms with Gasteiger partial charge >= 0.3 is 0 Å². The van der Waals surface area contributed by atoms with E-state index in [1.165, 1.54) is 5.56 Å².